The van der Waals surface area contributed by atoms with Crippen molar-refractivity contribution in [2.24, 2.45) is 46.8 Å². The Kier molecular flexibility index (Phi) is 5.61. The third-order valence-electron chi connectivity index (χ3n) is 9.47. The van der Waals surface area contributed by atoms with Crippen molar-refractivity contribution in [3.8, 4) is 0 Å². The Morgan fingerprint density at radius 2 is 1.89 bits per heavy atom. The zero-order chi connectivity index (χ0) is 19.2. The molecule has 0 saturated heterocycles. The summed E-state index contributed by atoms with van der Waals surface area (Å²) in [6.45, 7) is 9.97. The third-order valence-corrected chi connectivity index (χ3v) is 9.47. The van der Waals surface area contributed by atoms with Crippen molar-refractivity contribution in [1.29, 1.82) is 0 Å². The van der Waals surface area contributed by atoms with Crippen molar-refractivity contribution < 1.29 is 4.79 Å². The Hall–Kier alpha value is -0.590. The van der Waals surface area contributed by atoms with Crippen molar-refractivity contribution in [3.05, 3.63) is 11.6 Å². The molecule has 1 nitrogen and oxygen atoms in total. The average molecular weight is 371 g/mol. The molecule has 0 aromatic heterocycles. The molecule has 4 aliphatic carbocycles. The van der Waals surface area contributed by atoms with E-state index in [2.05, 4.69) is 33.8 Å². The van der Waals surface area contributed by atoms with E-state index in [0.717, 1.165) is 60.7 Å². The first-order chi connectivity index (χ1) is 12.9. The summed E-state index contributed by atoms with van der Waals surface area (Å²) in [6, 6.07) is 0. The molecule has 3 saturated carbocycles. The number of carbonyl (C=O) groups excluding carboxylic acids is 1. The lowest BCUT2D eigenvalue weighted by Gasteiger charge is -2.54. The number of ketones is 1. The summed E-state index contributed by atoms with van der Waals surface area (Å²) >= 11 is 0. The lowest BCUT2D eigenvalue weighted by atomic mass is 9.51. The fourth-order valence-electron chi connectivity index (χ4n) is 8.13. The van der Waals surface area contributed by atoms with Gasteiger partial charge in [-0.05, 0) is 85.4 Å². The molecule has 7 atom stereocenters. The van der Waals surface area contributed by atoms with E-state index in [4.69, 9.17) is 0 Å². The molecule has 152 valence electrons. The quantitative estimate of drug-likeness (QED) is 0.467. The summed E-state index contributed by atoms with van der Waals surface area (Å²) in [5.74, 6) is 6.71. The monoisotopic (exact) mass is 370 g/mol. The van der Waals surface area contributed by atoms with Gasteiger partial charge in [-0.25, -0.2) is 0 Å². The zero-order valence-electron chi connectivity index (χ0n) is 18.3. The first-order valence-electron chi connectivity index (χ1n) is 12.1. The third kappa shape index (κ3) is 3.58. The summed E-state index contributed by atoms with van der Waals surface area (Å²) in [6.07, 6.45) is 16.7. The van der Waals surface area contributed by atoms with Gasteiger partial charge in [-0.2, -0.15) is 0 Å². The Morgan fingerprint density at radius 1 is 1.07 bits per heavy atom. The van der Waals surface area contributed by atoms with E-state index < -0.39 is 0 Å². The van der Waals surface area contributed by atoms with Crippen molar-refractivity contribution >= 4 is 5.78 Å². The van der Waals surface area contributed by atoms with Gasteiger partial charge in [0.25, 0.3) is 0 Å². The minimum atomic E-state index is 0.493. The predicted molar refractivity (Wildman–Crippen MR) is 113 cm³/mol. The number of hydrogen-bond acceptors (Lipinski definition) is 1. The molecule has 1 heteroatoms. The van der Waals surface area contributed by atoms with Crippen LogP contribution in [0.2, 0.25) is 0 Å². The molecule has 0 heterocycles. The first kappa shape index (κ1) is 19.7. The van der Waals surface area contributed by atoms with E-state index in [9.17, 15) is 4.79 Å². The summed E-state index contributed by atoms with van der Waals surface area (Å²) in [5, 5.41) is 0. The minimum absolute atomic E-state index is 0.493. The second-order valence-electron chi connectivity index (χ2n) is 11.3. The lowest BCUT2D eigenvalue weighted by molar-refractivity contribution is -0.120. The molecule has 0 unspecified atom stereocenters. The molecule has 0 spiro atoms. The van der Waals surface area contributed by atoms with E-state index in [0.29, 0.717) is 11.2 Å². The van der Waals surface area contributed by atoms with Crippen LogP contribution in [0.4, 0.5) is 0 Å². The highest BCUT2D eigenvalue weighted by Crippen LogP contribution is 2.64. The number of fused-ring (bicyclic) bond motifs is 5. The maximum atomic E-state index is 11.9. The van der Waals surface area contributed by atoms with Crippen molar-refractivity contribution in [2.45, 2.75) is 98.3 Å². The molecule has 0 N–H and O–H groups in total. The Labute approximate surface area is 167 Å². The fourth-order valence-corrected chi connectivity index (χ4v) is 8.13. The maximum absolute atomic E-state index is 11.9. The SMILES string of the molecule is CC(C)CCC[C@@H](C)[C@H]1CC[C@H]2[C@@H]3CC=C4CC(=O)CC[C@H]4[C@H]3CC[C@]12C. The van der Waals surface area contributed by atoms with Crippen LogP contribution < -0.4 is 0 Å². The van der Waals surface area contributed by atoms with Gasteiger partial charge in [-0.1, -0.05) is 58.6 Å². The summed E-state index contributed by atoms with van der Waals surface area (Å²) in [5.41, 5.74) is 2.13. The number of rotatable bonds is 5. The van der Waals surface area contributed by atoms with E-state index in [1.807, 2.05) is 0 Å². The van der Waals surface area contributed by atoms with Crippen LogP contribution >= 0.6 is 0 Å². The normalized spacial score (nSPS) is 42.3. The highest BCUT2D eigenvalue weighted by molar-refractivity contribution is 5.82. The minimum Gasteiger partial charge on any atom is -0.299 e. The molecule has 4 aliphatic rings. The van der Waals surface area contributed by atoms with Gasteiger partial charge in [0.1, 0.15) is 5.78 Å². The van der Waals surface area contributed by atoms with E-state index in [1.165, 1.54) is 56.9 Å². The summed E-state index contributed by atoms with van der Waals surface area (Å²) in [7, 11) is 0. The van der Waals surface area contributed by atoms with Crippen LogP contribution in [-0.4, -0.2) is 5.78 Å². The second kappa shape index (κ2) is 7.68. The topological polar surface area (TPSA) is 17.1 Å². The molecule has 0 aromatic carbocycles. The molecule has 0 amide bonds. The summed E-state index contributed by atoms with van der Waals surface area (Å²) in [4.78, 5) is 11.9. The van der Waals surface area contributed by atoms with E-state index in [-0.39, 0.29) is 0 Å². The number of hydrogen-bond donors (Lipinski definition) is 0. The Bertz CT molecular complexity index is 587. The molecule has 4 rings (SSSR count). The van der Waals surface area contributed by atoms with Crippen LogP contribution in [-0.2, 0) is 4.79 Å². The summed E-state index contributed by atoms with van der Waals surface area (Å²) < 4.78 is 0. The molecule has 0 aromatic rings. The Balaban J connectivity index is 1.46. The van der Waals surface area contributed by atoms with Gasteiger partial charge in [0.15, 0.2) is 0 Å². The van der Waals surface area contributed by atoms with Gasteiger partial charge < -0.3 is 0 Å². The molecule has 0 aliphatic heterocycles. The van der Waals surface area contributed by atoms with Crippen LogP contribution in [0, 0.1) is 46.8 Å². The lowest BCUT2D eigenvalue weighted by Crippen LogP contribution is -2.46. The van der Waals surface area contributed by atoms with Gasteiger partial charge in [0.2, 0.25) is 0 Å². The van der Waals surface area contributed by atoms with Crippen molar-refractivity contribution in [3.63, 3.8) is 0 Å². The van der Waals surface area contributed by atoms with Crippen LogP contribution in [0.3, 0.4) is 0 Å². The van der Waals surface area contributed by atoms with Crippen molar-refractivity contribution in [2.75, 3.05) is 0 Å². The van der Waals surface area contributed by atoms with Gasteiger partial charge >= 0.3 is 0 Å². The second-order valence-corrected chi connectivity index (χ2v) is 11.3. The zero-order valence-corrected chi connectivity index (χ0v) is 18.3. The highest BCUT2D eigenvalue weighted by atomic mass is 16.1. The number of allylic oxidation sites excluding steroid dienone is 2. The molecule has 0 bridgehead atoms. The molecule has 27 heavy (non-hydrogen) atoms. The average Bonchev–Trinajstić information content (AvgIpc) is 2.98. The molecule has 0 radical (unpaired) electrons. The van der Waals surface area contributed by atoms with Crippen LogP contribution in [0.15, 0.2) is 11.6 Å². The van der Waals surface area contributed by atoms with Crippen LogP contribution in [0.5, 0.6) is 0 Å². The molecular formula is C26H42O. The fraction of sp³-hybridized carbons (Fsp3) is 0.885. The smallest absolute Gasteiger partial charge is 0.136 e. The predicted octanol–water partition coefficient (Wildman–Crippen LogP) is 7.21. The number of carbonyl (C=O) groups is 1. The van der Waals surface area contributed by atoms with Gasteiger partial charge in [0.05, 0.1) is 0 Å². The van der Waals surface area contributed by atoms with Crippen molar-refractivity contribution in [1.82, 2.24) is 0 Å². The van der Waals surface area contributed by atoms with Crippen LogP contribution in [0.1, 0.15) is 98.3 Å². The Morgan fingerprint density at radius 3 is 2.67 bits per heavy atom. The van der Waals surface area contributed by atoms with Gasteiger partial charge in [-0.15, -0.1) is 0 Å². The molecular weight excluding hydrogens is 328 g/mol. The van der Waals surface area contributed by atoms with E-state index in [1.54, 1.807) is 0 Å². The van der Waals surface area contributed by atoms with E-state index >= 15 is 0 Å². The van der Waals surface area contributed by atoms with Crippen LogP contribution in [0.25, 0.3) is 0 Å². The molecule has 3 fully saturated rings. The largest absolute Gasteiger partial charge is 0.299 e. The van der Waals surface area contributed by atoms with Gasteiger partial charge in [-0.3, -0.25) is 4.79 Å². The number of Topliss-reactive ketones (excluding diaryl/α,β-unsaturated/α-hetero) is 1. The standard InChI is InChI=1S/C26H42O/c1-17(2)6-5-7-18(3)24-12-13-25-23-10-8-19-16-20(27)9-11-21(19)22(23)14-15-26(24,25)4/h8,17-18,21-25H,5-7,9-16H2,1-4H3/t18-,21-,22-,23-,24-,25+,26-/m1/s1. The first-order valence-corrected chi connectivity index (χ1v) is 12.1. The maximum Gasteiger partial charge on any atom is 0.136 e. The van der Waals surface area contributed by atoms with Gasteiger partial charge in [0, 0.05) is 12.8 Å². The highest BCUT2D eigenvalue weighted by Gasteiger charge is 2.56.